The SMILES string of the molecule is CC(O)C(C)C1CCNCC1. The van der Waals surface area contributed by atoms with Gasteiger partial charge in [-0.3, -0.25) is 0 Å². The number of aliphatic hydroxyl groups excluding tert-OH is 1. The van der Waals surface area contributed by atoms with Crippen molar-refractivity contribution < 1.29 is 5.11 Å². The van der Waals surface area contributed by atoms with E-state index in [1.165, 1.54) is 12.8 Å². The fraction of sp³-hybridized carbons (Fsp3) is 1.00. The van der Waals surface area contributed by atoms with Crippen LogP contribution in [0, 0.1) is 11.8 Å². The summed E-state index contributed by atoms with van der Waals surface area (Å²) in [6.45, 7) is 6.30. The maximum atomic E-state index is 9.35. The number of aliphatic hydroxyl groups is 1. The molecule has 1 aliphatic rings. The summed E-state index contributed by atoms with van der Waals surface area (Å²) in [7, 11) is 0. The molecule has 1 aliphatic heterocycles. The second kappa shape index (κ2) is 4.07. The first-order chi connectivity index (χ1) is 5.22. The minimum atomic E-state index is -0.141. The highest BCUT2D eigenvalue weighted by Crippen LogP contribution is 2.23. The zero-order valence-electron chi connectivity index (χ0n) is 7.51. The van der Waals surface area contributed by atoms with Crippen LogP contribution in [0.1, 0.15) is 26.7 Å². The van der Waals surface area contributed by atoms with Gasteiger partial charge in [-0.1, -0.05) is 6.92 Å². The van der Waals surface area contributed by atoms with Gasteiger partial charge in [0.1, 0.15) is 0 Å². The molecule has 2 unspecified atom stereocenters. The lowest BCUT2D eigenvalue weighted by Crippen LogP contribution is -2.34. The van der Waals surface area contributed by atoms with Gasteiger partial charge in [-0.15, -0.1) is 0 Å². The lowest BCUT2D eigenvalue weighted by molar-refractivity contribution is 0.0862. The predicted octanol–water partition coefficient (Wildman–Crippen LogP) is 1.00. The molecule has 0 aromatic carbocycles. The van der Waals surface area contributed by atoms with E-state index in [4.69, 9.17) is 0 Å². The molecule has 0 aromatic heterocycles. The van der Waals surface area contributed by atoms with Crippen molar-refractivity contribution in [2.24, 2.45) is 11.8 Å². The van der Waals surface area contributed by atoms with Crippen LogP contribution in [-0.2, 0) is 0 Å². The molecule has 1 saturated heterocycles. The number of hydrogen-bond acceptors (Lipinski definition) is 2. The van der Waals surface area contributed by atoms with E-state index in [1.54, 1.807) is 0 Å². The molecule has 0 aliphatic carbocycles. The van der Waals surface area contributed by atoms with E-state index in [9.17, 15) is 5.11 Å². The van der Waals surface area contributed by atoms with Crippen molar-refractivity contribution in [2.45, 2.75) is 32.8 Å². The summed E-state index contributed by atoms with van der Waals surface area (Å²) in [6, 6.07) is 0. The standard InChI is InChI=1S/C9H19NO/c1-7(8(2)11)9-3-5-10-6-4-9/h7-11H,3-6H2,1-2H3. The monoisotopic (exact) mass is 157 g/mol. The molecule has 0 bridgehead atoms. The molecule has 0 amide bonds. The number of rotatable bonds is 2. The molecular weight excluding hydrogens is 138 g/mol. The molecule has 0 spiro atoms. The Morgan fingerprint density at radius 1 is 1.27 bits per heavy atom. The zero-order chi connectivity index (χ0) is 8.27. The van der Waals surface area contributed by atoms with E-state index in [2.05, 4.69) is 12.2 Å². The lowest BCUT2D eigenvalue weighted by atomic mass is 9.83. The fourth-order valence-electron chi connectivity index (χ4n) is 1.76. The van der Waals surface area contributed by atoms with Crippen molar-refractivity contribution in [3.05, 3.63) is 0 Å². The Bertz CT molecular complexity index is 108. The van der Waals surface area contributed by atoms with Crippen molar-refractivity contribution in [3.8, 4) is 0 Å². The molecule has 1 fully saturated rings. The summed E-state index contributed by atoms with van der Waals surface area (Å²) in [5.74, 6) is 1.20. The van der Waals surface area contributed by atoms with E-state index in [-0.39, 0.29) is 6.10 Å². The highest BCUT2D eigenvalue weighted by Gasteiger charge is 2.22. The van der Waals surface area contributed by atoms with Crippen LogP contribution >= 0.6 is 0 Å². The second-order valence-electron chi connectivity index (χ2n) is 3.69. The quantitative estimate of drug-likeness (QED) is 0.627. The molecule has 11 heavy (non-hydrogen) atoms. The van der Waals surface area contributed by atoms with Gasteiger partial charge >= 0.3 is 0 Å². The Balaban J connectivity index is 2.32. The average Bonchev–Trinajstić information content (AvgIpc) is 2.05. The topological polar surface area (TPSA) is 32.3 Å². The van der Waals surface area contributed by atoms with Crippen molar-refractivity contribution in [1.29, 1.82) is 0 Å². The van der Waals surface area contributed by atoms with Gasteiger partial charge in [0.25, 0.3) is 0 Å². The average molecular weight is 157 g/mol. The van der Waals surface area contributed by atoms with Crippen LogP contribution in [0.3, 0.4) is 0 Å². The Morgan fingerprint density at radius 3 is 2.27 bits per heavy atom. The molecule has 2 N–H and O–H groups in total. The highest BCUT2D eigenvalue weighted by molar-refractivity contribution is 4.75. The smallest absolute Gasteiger partial charge is 0.0540 e. The van der Waals surface area contributed by atoms with Gasteiger partial charge in [-0.05, 0) is 44.7 Å². The third-order valence-electron chi connectivity index (χ3n) is 2.89. The molecule has 0 radical (unpaired) electrons. The van der Waals surface area contributed by atoms with E-state index in [0.29, 0.717) is 5.92 Å². The van der Waals surface area contributed by atoms with Crippen molar-refractivity contribution >= 4 is 0 Å². The second-order valence-corrected chi connectivity index (χ2v) is 3.69. The molecule has 66 valence electrons. The Kier molecular flexibility index (Phi) is 3.34. The molecule has 1 heterocycles. The van der Waals surface area contributed by atoms with Crippen molar-refractivity contribution in [2.75, 3.05) is 13.1 Å². The predicted molar refractivity (Wildman–Crippen MR) is 46.4 cm³/mol. The van der Waals surface area contributed by atoms with Crippen LogP contribution in [0.15, 0.2) is 0 Å². The molecule has 2 atom stereocenters. The van der Waals surface area contributed by atoms with Gasteiger partial charge in [0.05, 0.1) is 6.10 Å². The van der Waals surface area contributed by atoms with Gasteiger partial charge in [-0.2, -0.15) is 0 Å². The maximum absolute atomic E-state index is 9.35. The van der Waals surface area contributed by atoms with Gasteiger partial charge in [-0.25, -0.2) is 0 Å². The summed E-state index contributed by atoms with van der Waals surface area (Å²) in [4.78, 5) is 0. The van der Waals surface area contributed by atoms with Crippen LogP contribution in [-0.4, -0.2) is 24.3 Å². The number of hydrogen-bond donors (Lipinski definition) is 2. The van der Waals surface area contributed by atoms with Gasteiger partial charge < -0.3 is 10.4 Å². The molecule has 2 heteroatoms. The third kappa shape index (κ3) is 2.46. The van der Waals surface area contributed by atoms with Gasteiger partial charge in [0.15, 0.2) is 0 Å². The molecule has 0 aromatic rings. The lowest BCUT2D eigenvalue weighted by Gasteiger charge is -2.29. The Labute approximate surface area is 69.0 Å². The van der Waals surface area contributed by atoms with E-state index < -0.39 is 0 Å². The van der Waals surface area contributed by atoms with Crippen LogP contribution in [0.25, 0.3) is 0 Å². The minimum absolute atomic E-state index is 0.141. The van der Waals surface area contributed by atoms with Crippen LogP contribution in [0.2, 0.25) is 0 Å². The van der Waals surface area contributed by atoms with E-state index in [0.717, 1.165) is 19.0 Å². The largest absolute Gasteiger partial charge is 0.393 e. The first kappa shape index (κ1) is 9.01. The molecular formula is C9H19NO. The van der Waals surface area contributed by atoms with Gasteiger partial charge in [0.2, 0.25) is 0 Å². The summed E-state index contributed by atoms with van der Waals surface area (Å²) in [5, 5.41) is 12.7. The maximum Gasteiger partial charge on any atom is 0.0540 e. The Morgan fingerprint density at radius 2 is 1.82 bits per heavy atom. The first-order valence-electron chi connectivity index (χ1n) is 4.60. The normalized spacial score (nSPS) is 26.5. The number of nitrogens with one attached hydrogen (secondary N) is 1. The molecule has 1 rings (SSSR count). The molecule has 0 saturated carbocycles. The minimum Gasteiger partial charge on any atom is -0.393 e. The summed E-state index contributed by atoms with van der Waals surface area (Å²) < 4.78 is 0. The van der Waals surface area contributed by atoms with E-state index >= 15 is 0 Å². The number of piperidine rings is 1. The molecule has 2 nitrogen and oxygen atoms in total. The zero-order valence-corrected chi connectivity index (χ0v) is 7.51. The van der Waals surface area contributed by atoms with Crippen LogP contribution < -0.4 is 5.32 Å². The summed E-state index contributed by atoms with van der Waals surface area (Å²) in [6.07, 6.45) is 2.32. The fourth-order valence-corrected chi connectivity index (χ4v) is 1.76. The van der Waals surface area contributed by atoms with Crippen LogP contribution in [0.4, 0.5) is 0 Å². The first-order valence-corrected chi connectivity index (χ1v) is 4.60. The van der Waals surface area contributed by atoms with Crippen molar-refractivity contribution in [1.82, 2.24) is 5.32 Å². The van der Waals surface area contributed by atoms with Gasteiger partial charge in [0, 0.05) is 0 Å². The van der Waals surface area contributed by atoms with E-state index in [1.807, 2.05) is 6.92 Å². The Hall–Kier alpha value is -0.0800. The van der Waals surface area contributed by atoms with Crippen molar-refractivity contribution in [3.63, 3.8) is 0 Å². The summed E-state index contributed by atoms with van der Waals surface area (Å²) in [5.41, 5.74) is 0. The van der Waals surface area contributed by atoms with Crippen LogP contribution in [0.5, 0.6) is 0 Å². The third-order valence-corrected chi connectivity index (χ3v) is 2.89. The summed E-state index contributed by atoms with van der Waals surface area (Å²) >= 11 is 0. The highest BCUT2D eigenvalue weighted by atomic mass is 16.3.